The molecule has 0 saturated carbocycles. The third-order valence-electron chi connectivity index (χ3n) is 3.39. The molecule has 0 saturated heterocycles. The molecule has 1 heterocycles. The summed E-state index contributed by atoms with van der Waals surface area (Å²) in [5.41, 5.74) is 15.0. The highest BCUT2D eigenvalue weighted by Gasteiger charge is 2.13. The number of hydrogen-bond donors (Lipinski definition) is 2. The Morgan fingerprint density at radius 3 is 2.30 bits per heavy atom. The van der Waals surface area contributed by atoms with Crippen molar-refractivity contribution in [1.82, 2.24) is 0 Å². The Hall–Kier alpha value is -2.75. The van der Waals surface area contributed by atoms with Crippen molar-refractivity contribution in [3.05, 3.63) is 58.4 Å². The molecule has 1 aromatic heterocycles. The van der Waals surface area contributed by atoms with Crippen LogP contribution < -0.4 is 17.1 Å². The summed E-state index contributed by atoms with van der Waals surface area (Å²) in [6.07, 6.45) is 0. The van der Waals surface area contributed by atoms with Gasteiger partial charge in [-0.3, -0.25) is 0 Å². The Morgan fingerprint density at radius 1 is 0.950 bits per heavy atom. The van der Waals surface area contributed by atoms with Gasteiger partial charge in [0.15, 0.2) is 0 Å². The first kappa shape index (κ1) is 12.3. The molecule has 0 fully saturated rings. The average molecular weight is 266 g/mol. The Labute approximate surface area is 115 Å². The predicted octanol–water partition coefficient (Wildman–Crippen LogP) is 2.93. The molecule has 100 valence electrons. The molecule has 2 aromatic carbocycles. The van der Waals surface area contributed by atoms with Crippen LogP contribution in [-0.2, 0) is 0 Å². The van der Waals surface area contributed by atoms with E-state index in [-0.39, 0.29) is 5.63 Å². The molecular weight excluding hydrogens is 252 g/mol. The van der Waals surface area contributed by atoms with Gasteiger partial charge in [0.25, 0.3) is 0 Å². The number of aryl methyl sites for hydroxylation is 1. The van der Waals surface area contributed by atoms with E-state index in [9.17, 15) is 4.79 Å². The lowest BCUT2D eigenvalue weighted by molar-refractivity contribution is 0.562. The van der Waals surface area contributed by atoms with E-state index in [1.54, 1.807) is 24.3 Å². The van der Waals surface area contributed by atoms with E-state index in [2.05, 4.69) is 0 Å². The maximum absolute atomic E-state index is 12.2. The number of nitrogens with two attached hydrogens (primary N) is 2. The summed E-state index contributed by atoms with van der Waals surface area (Å²) in [4.78, 5) is 12.2. The fraction of sp³-hybridized carbons (Fsp3) is 0.0625. The van der Waals surface area contributed by atoms with Crippen molar-refractivity contribution in [2.45, 2.75) is 6.92 Å². The molecule has 4 heteroatoms. The number of nitrogen functional groups attached to an aromatic ring is 2. The van der Waals surface area contributed by atoms with Crippen molar-refractivity contribution in [1.29, 1.82) is 0 Å². The summed E-state index contributed by atoms with van der Waals surface area (Å²) in [6.45, 7) is 1.90. The normalized spacial score (nSPS) is 10.8. The zero-order valence-electron chi connectivity index (χ0n) is 11.0. The minimum atomic E-state index is -0.370. The minimum Gasteiger partial charge on any atom is -0.422 e. The molecule has 4 nitrogen and oxygen atoms in total. The predicted molar refractivity (Wildman–Crippen MR) is 81.5 cm³/mol. The molecule has 0 aliphatic carbocycles. The Morgan fingerprint density at radius 2 is 1.60 bits per heavy atom. The summed E-state index contributed by atoms with van der Waals surface area (Å²) in [7, 11) is 0. The third-order valence-corrected chi connectivity index (χ3v) is 3.39. The van der Waals surface area contributed by atoms with E-state index >= 15 is 0 Å². The van der Waals surface area contributed by atoms with Gasteiger partial charge in [-0.1, -0.05) is 12.1 Å². The van der Waals surface area contributed by atoms with Crippen molar-refractivity contribution < 1.29 is 4.42 Å². The molecule has 3 aromatic rings. The second-order valence-electron chi connectivity index (χ2n) is 4.77. The van der Waals surface area contributed by atoms with Crippen molar-refractivity contribution in [2.75, 3.05) is 11.5 Å². The first-order chi connectivity index (χ1) is 9.56. The van der Waals surface area contributed by atoms with Crippen LogP contribution in [0.1, 0.15) is 5.56 Å². The van der Waals surface area contributed by atoms with Gasteiger partial charge in [-0.2, -0.15) is 0 Å². The van der Waals surface area contributed by atoms with Crippen LogP contribution in [-0.4, -0.2) is 0 Å². The van der Waals surface area contributed by atoms with Gasteiger partial charge in [0.1, 0.15) is 5.58 Å². The van der Waals surface area contributed by atoms with Crippen LogP contribution in [0.15, 0.2) is 51.7 Å². The molecule has 0 spiro atoms. The second-order valence-corrected chi connectivity index (χ2v) is 4.77. The Kier molecular flexibility index (Phi) is 2.71. The van der Waals surface area contributed by atoms with E-state index in [0.29, 0.717) is 22.5 Å². The molecule has 3 rings (SSSR count). The first-order valence-electron chi connectivity index (χ1n) is 6.25. The molecule has 0 aliphatic heterocycles. The van der Waals surface area contributed by atoms with Crippen molar-refractivity contribution in [3.8, 4) is 11.1 Å². The highest BCUT2D eigenvalue weighted by molar-refractivity contribution is 5.88. The summed E-state index contributed by atoms with van der Waals surface area (Å²) < 4.78 is 5.37. The highest BCUT2D eigenvalue weighted by atomic mass is 16.4. The van der Waals surface area contributed by atoms with Crippen LogP contribution in [0, 0.1) is 6.92 Å². The number of rotatable bonds is 1. The van der Waals surface area contributed by atoms with Crippen molar-refractivity contribution >= 4 is 22.3 Å². The minimum absolute atomic E-state index is 0.370. The zero-order chi connectivity index (χ0) is 14.3. The van der Waals surface area contributed by atoms with Gasteiger partial charge in [0.2, 0.25) is 0 Å². The molecule has 0 aliphatic rings. The number of fused-ring (bicyclic) bond motifs is 1. The van der Waals surface area contributed by atoms with Crippen LogP contribution >= 0.6 is 0 Å². The standard InChI is InChI=1S/C16H14N2O2/c1-9-13-7-6-12(18)8-14(13)20-16(19)15(9)10-2-4-11(17)5-3-10/h2-8H,17-18H2,1H3. The summed E-state index contributed by atoms with van der Waals surface area (Å²) in [6, 6.07) is 12.5. The van der Waals surface area contributed by atoms with E-state index < -0.39 is 0 Å². The van der Waals surface area contributed by atoms with Gasteiger partial charge in [0, 0.05) is 22.8 Å². The van der Waals surface area contributed by atoms with E-state index in [4.69, 9.17) is 15.9 Å². The molecular formula is C16H14N2O2. The number of benzene rings is 2. The second kappa shape index (κ2) is 4.42. The lowest BCUT2D eigenvalue weighted by atomic mass is 9.99. The van der Waals surface area contributed by atoms with Gasteiger partial charge >= 0.3 is 5.63 Å². The fourth-order valence-electron chi connectivity index (χ4n) is 2.36. The molecule has 0 radical (unpaired) electrons. The molecule has 0 amide bonds. The van der Waals surface area contributed by atoms with E-state index in [1.807, 2.05) is 25.1 Å². The van der Waals surface area contributed by atoms with Crippen molar-refractivity contribution in [3.63, 3.8) is 0 Å². The Bertz CT molecular complexity index is 849. The lowest BCUT2D eigenvalue weighted by Crippen LogP contribution is -2.06. The van der Waals surface area contributed by atoms with Gasteiger partial charge in [-0.25, -0.2) is 4.79 Å². The van der Waals surface area contributed by atoms with Gasteiger partial charge in [-0.15, -0.1) is 0 Å². The Balaban J connectivity index is 2.34. The monoisotopic (exact) mass is 266 g/mol. The van der Waals surface area contributed by atoms with E-state index in [0.717, 1.165) is 16.5 Å². The van der Waals surface area contributed by atoms with Crippen LogP contribution in [0.5, 0.6) is 0 Å². The van der Waals surface area contributed by atoms with Gasteiger partial charge < -0.3 is 15.9 Å². The van der Waals surface area contributed by atoms with Crippen LogP contribution in [0.3, 0.4) is 0 Å². The van der Waals surface area contributed by atoms with Crippen molar-refractivity contribution in [2.24, 2.45) is 0 Å². The topological polar surface area (TPSA) is 82.2 Å². The first-order valence-corrected chi connectivity index (χ1v) is 6.25. The summed E-state index contributed by atoms with van der Waals surface area (Å²) in [5.74, 6) is 0. The van der Waals surface area contributed by atoms with Crippen LogP contribution in [0.4, 0.5) is 11.4 Å². The quantitative estimate of drug-likeness (QED) is 0.524. The van der Waals surface area contributed by atoms with Gasteiger partial charge in [-0.05, 0) is 42.3 Å². The summed E-state index contributed by atoms with van der Waals surface area (Å²) in [5, 5.41) is 0.880. The number of hydrogen-bond acceptors (Lipinski definition) is 4. The molecule has 20 heavy (non-hydrogen) atoms. The van der Waals surface area contributed by atoms with Crippen LogP contribution in [0.25, 0.3) is 22.1 Å². The maximum Gasteiger partial charge on any atom is 0.344 e. The number of anilines is 2. The molecule has 0 unspecified atom stereocenters. The maximum atomic E-state index is 12.2. The smallest absolute Gasteiger partial charge is 0.344 e. The molecule has 4 N–H and O–H groups in total. The van der Waals surface area contributed by atoms with Gasteiger partial charge in [0.05, 0.1) is 5.56 Å². The fourth-order valence-corrected chi connectivity index (χ4v) is 2.36. The average Bonchev–Trinajstić information content (AvgIpc) is 2.40. The molecule has 0 bridgehead atoms. The van der Waals surface area contributed by atoms with E-state index in [1.165, 1.54) is 0 Å². The largest absolute Gasteiger partial charge is 0.422 e. The lowest BCUT2D eigenvalue weighted by Gasteiger charge is -2.08. The highest BCUT2D eigenvalue weighted by Crippen LogP contribution is 2.28. The van der Waals surface area contributed by atoms with Crippen LogP contribution in [0.2, 0.25) is 0 Å². The SMILES string of the molecule is Cc1c(-c2ccc(N)cc2)c(=O)oc2cc(N)ccc12. The molecule has 0 atom stereocenters. The third kappa shape index (κ3) is 1.91. The summed E-state index contributed by atoms with van der Waals surface area (Å²) >= 11 is 0. The zero-order valence-corrected chi connectivity index (χ0v) is 11.0.